The van der Waals surface area contributed by atoms with Crippen molar-refractivity contribution < 1.29 is 9.53 Å². The molecule has 2 N–H and O–H groups in total. The van der Waals surface area contributed by atoms with E-state index in [1.807, 2.05) is 43.6 Å². The Morgan fingerprint density at radius 1 is 1.13 bits per heavy atom. The monoisotopic (exact) mass is 525 g/mol. The van der Waals surface area contributed by atoms with Crippen LogP contribution in [0.3, 0.4) is 0 Å². The Bertz CT molecular complexity index is 1420. The van der Waals surface area contributed by atoms with E-state index in [2.05, 4.69) is 48.5 Å². The number of anilines is 2. The average molecular weight is 526 g/mol. The van der Waals surface area contributed by atoms with Gasteiger partial charge in [0.05, 0.1) is 23.4 Å². The number of pyridine rings is 2. The number of carbonyl (C=O) groups is 1. The minimum Gasteiger partial charge on any atom is -0.379 e. The van der Waals surface area contributed by atoms with E-state index in [1.54, 1.807) is 25.6 Å². The van der Waals surface area contributed by atoms with Gasteiger partial charge in [0.2, 0.25) is 0 Å². The third kappa shape index (κ3) is 6.49. The topological polar surface area (TPSA) is 105 Å². The molecule has 5 rings (SSSR count). The van der Waals surface area contributed by atoms with Gasteiger partial charge in [0, 0.05) is 69.1 Å². The Kier molecular flexibility index (Phi) is 8.27. The number of amides is 1. The number of nitrogens with zero attached hydrogens (tertiary/aromatic N) is 5. The van der Waals surface area contributed by atoms with Crippen LogP contribution >= 0.6 is 0 Å². The van der Waals surface area contributed by atoms with Gasteiger partial charge in [-0.15, -0.1) is 0 Å². The number of benzene rings is 1. The number of carbonyl (C=O) groups excluding carboxylic acids is 1. The predicted molar refractivity (Wildman–Crippen MR) is 154 cm³/mol. The molecule has 1 amide bonds. The van der Waals surface area contributed by atoms with Gasteiger partial charge >= 0.3 is 0 Å². The van der Waals surface area contributed by atoms with Gasteiger partial charge in [0.15, 0.2) is 0 Å². The molecule has 1 aliphatic carbocycles. The molecule has 0 aliphatic heterocycles. The summed E-state index contributed by atoms with van der Waals surface area (Å²) in [5, 5.41) is 6.99. The number of hydrogen-bond acceptors (Lipinski definition) is 8. The highest BCUT2D eigenvalue weighted by Gasteiger charge is 2.21. The van der Waals surface area contributed by atoms with Crippen molar-refractivity contribution in [2.24, 2.45) is 5.92 Å². The molecule has 202 valence electrons. The Morgan fingerprint density at radius 2 is 2.00 bits per heavy atom. The minimum atomic E-state index is -0.120. The minimum absolute atomic E-state index is 0.120. The normalized spacial score (nSPS) is 13.7. The van der Waals surface area contributed by atoms with Gasteiger partial charge in [0.1, 0.15) is 18.0 Å². The molecule has 1 atom stereocenters. The molecule has 1 saturated carbocycles. The van der Waals surface area contributed by atoms with Crippen LogP contribution in [0.2, 0.25) is 0 Å². The van der Waals surface area contributed by atoms with Gasteiger partial charge < -0.3 is 20.3 Å². The van der Waals surface area contributed by atoms with Gasteiger partial charge in [-0.2, -0.15) is 0 Å². The number of rotatable bonds is 12. The van der Waals surface area contributed by atoms with Crippen LogP contribution in [0.4, 0.5) is 11.6 Å². The molecule has 0 bridgehead atoms. The van der Waals surface area contributed by atoms with E-state index in [-0.39, 0.29) is 11.8 Å². The van der Waals surface area contributed by atoms with Crippen LogP contribution in [0.1, 0.15) is 41.6 Å². The maximum Gasteiger partial charge on any atom is 0.251 e. The number of hydrogen-bond donors (Lipinski definition) is 2. The van der Waals surface area contributed by atoms with Crippen molar-refractivity contribution in [2.45, 2.75) is 25.7 Å². The third-order valence-corrected chi connectivity index (χ3v) is 7.12. The molecule has 3 heterocycles. The van der Waals surface area contributed by atoms with Crippen molar-refractivity contribution in [1.29, 1.82) is 0 Å². The maximum atomic E-state index is 12.3. The van der Waals surface area contributed by atoms with Crippen LogP contribution in [0.25, 0.3) is 22.2 Å². The zero-order chi connectivity index (χ0) is 27.2. The van der Waals surface area contributed by atoms with Gasteiger partial charge in [0.25, 0.3) is 5.91 Å². The third-order valence-electron chi connectivity index (χ3n) is 7.12. The van der Waals surface area contributed by atoms with E-state index < -0.39 is 0 Å². The molecule has 4 aromatic rings. The summed E-state index contributed by atoms with van der Waals surface area (Å²) < 4.78 is 5.75. The number of likely N-dealkylation sites (N-methyl/N-ethyl adjacent to an activating group) is 1. The standard InChI is InChI=1S/C30H35N7O2/c1-20(23-5-4-6-24-25(30(38)31-2)11-12-32-29(23)24)16-33-27-15-26(35-19-36-27)22-9-10-28(34-17-22)37(3)13-14-39-18-21-7-8-21/h4-6,9-12,15,17,19-21H,7-8,13-14,16,18H2,1-3H3,(H,31,38)(H,33,35,36)/t20-/m1/s1. The van der Waals surface area contributed by atoms with Crippen LogP contribution in [0, 0.1) is 5.92 Å². The molecule has 1 aromatic carbocycles. The molecule has 9 heteroatoms. The Labute approximate surface area is 229 Å². The summed E-state index contributed by atoms with van der Waals surface area (Å²) in [6.07, 6.45) is 7.71. The fourth-order valence-corrected chi connectivity index (χ4v) is 4.52. The highest BCUT2D eigenvalue weighted by molar-refractivity contribution is 6.06. The van der Waals surface area contributed by atoms with Crippen LogP contribution in [0.5, 0.6) is 0 Å². The Morgan fingerprint density at radius 3 is 2.77 bits per heavy atom. The lowest BCUT2D eigenvalue weighted by Crippen LogP contribution is -2.23. The summed E-state index contributed by atoms with van der Waals surface area (Å²) in [7, 11) is 3.66. The molecule has 0 saturated heterocycles. The number of fused-ring (bicyclic) bond motifs is 1. The second kappa shape index (κ2) is 12.2. The zero-order valence-corrected chi connectivity index (χ0v) is 22.7. The lowest BCUT2D eigenvalue weighted by Gasteiger charge is -2.18. The fourth-order valence-electron chi connectivity index (χ4n) is 4.52. The second-order valence-corrected chi connectivity index (χ2v) is 10.1. The van der Waals surface area contributed by atoms with Crippen molar-refractivity contribution in [2.75, 3.05) is 50.6 Å². The first kappa shape index (κ1) is 26.5. The maximum absolute atomic E-state index is 12.3. The van der Waals surface area contributed by atoms with E-state index in [0.29, 0.717) is 18.7 Å². The molecule has 0 radical (unpaired) electrons. The van der Waals surface area contributed by atoms with Crippen LogP contribution in [-0.2, 0) is 4.74 Å². The summed E-state index contributed by atoms with van der Waals surface area (Å²) in [6.45, 7) is 5.17. The smallest absolute Gasteiger partial charge is 0.251 e. The number of aromatic nitrogens is 4. The van der Waals surface area contributed by atoms with Gasteiger partial charge in [-0.3, -0.25) is 9.78 Å². The van der Waals surface area contributed by atoms with E-state index in [1.165, 1.54) is 12.8 Å². The first-order valence-electron chi connectivity index (χ1n) is 13.4. The largest absolute Gasteiger partial charge is 0.379 e. The van der Waals surface area contributed by atoms with Crippen LogP contribution in [0.15, 0.2) is 61.2 Å². The fraction of sp³-hybridized carbons (Fsp3) is 0.367. The summed E-state index contributed by atoms with van der Waals surface area (Å²) in [6, 6.07) is 13.7. The number of nitrogens with one attached hydrogen (secondary N) is 2. The molecular formula is C30H35N7O2. The molecule has 39 heavy (non-hydrogen) atoms. The molecule has 1 fully saturated rings. The van der Waals surface area contributed by atoms with Gasteiger partial charge in [-0.1, -0.05) is 25.1 Å². The van der Waals surface area contributed by atoms with Crippen molar-refractivity contribution in [1.82, 2.24) is 25.3 Å². The second-order valence-electron chi connectivity index (χ2n) is 10.1. The van der Waals surface area contributed by atoms with E-state index in [4.69, 9.17) is 4.74 Å². The number of ether oxygens (including phenoxy) is 1. The summed E-state index contributed by atoms with van der Waals surface area (Å²) >= 11 is 0. The van der Waals surface area contributed by atoms with Crippen molar-refractivity contribution in [3.8, 4) is 11.3 Å². The molecule has 0 spiro atoms. The summed E-state index contributed by atoms with van der Waals surface area (Å²) in [5.41, 5.74) is 4.26. The van der Waals surface area contributed by atoms with Crippen LogP contribution in [-0.4, -0.2) is 66.2 Å². The highest BCUT2D eigenvalue weighted by atomic mass is 16.5. The van der Waals surface area contributed by atoms with Gasteiger partial charge in [-0.05, 0) is 42.5 Å². The average Bonchev–Trinajstić information content (AvgIpc) is 3.82. The van der Waals surface area contributed by atoms with Crippen molar-refractivity contribution in [3.63, 3.8) is 0 Å². The van der Waals surface area contributed by atoms with Crippen molar-refractivity contribution in [3.05, 3.63) is 72.3 Å². The Balaban J connectivity index is 1.22. The molecule has 1 aliphatic rings. The lowest BCUT2D eigenvalue weighted by atomic mass is 9.96. The summed E-state index contributed by atoms with van der Waals surface area (Å²) in [5.74, 6) is 2.43. The molecule has 0 unspecified atom stereocenters. The SMILES string of the molecule is CNC(=O)c1ccnc2c([C@H](C)CNc3cc(-c4ccc(N(C)CCOCC5CC5)nc4)ncn3)cccc12. The molecular weight excluding hydrogens is 490 g/mol. The zero-order valence-electron chi connectivity index (χ0n) is 22.7. The predicted octanol–water partition coefficient (Wildman–Crippen LogP) is 4.52. The van der Waals surface area contributed by atoms with E-state index in [0.717, 1.165) is 58.4 Å². The molecule has 3 aromatic heterocycles. The Hall–Kier alpha value is -4.11. The first-order chi connectivity index (χ1) is 19.0. The van der Waals surface area contributed by atoms with Crippen molar-refractivity contribution >= 4 is 28.4 Å². The lowest BCUT2D eigenvalue weighted by molar-refractivity contribution is 0.0964. The summed E-state index contributed by atoms with van der Waals surface area (Å²) in [4.78, 5) is 32.5. The van der Waals surface area contributed by atoms with E-state index >= 15 is 0 Å². The highest BCUT2D eigenvalue weighted by Crippen LogP contribution is 2.29. The van der Waals surface area contributed by atoms with E-state index in [9.17, 15) is 4.79 Å². The van der Waals surface area contributed by atoms with Crippen LogP contribution < -0.4 is 15.5 Å². The quantitative estimate of drug-likeness (QED) is 0.260. The first-order valence-corrected chi connectivity index (χ1v) is 13.4. The number of para-hydroxylation sites is 1. The van der Waals surface area contributed by atoms with Gasteiger partial charge in [-0.25, -0.2) is 15.0 Å². The molecule has 9 nitrogen and oxygen atoms in total.